The molecule has 1 heterocycles. The number of benzene rings is 2. The minimum atomic E-state index is -0.0184. The summed E-state index contributed by atoms with van der Waals surface area (Å²) < 4.78 is 5.92. The van der Waals surface area contributed by atoms with Crippen LogP contribution in [0.4, 0.5) is 5.69 Å². The molecule has 2 aromatic carbocycles. The molecule has 2 atom stereocenters. The molecule has 1 saturated heterocycles. The average Bonchev–Trinajstić information content (AvgIpc) is 2.88. The zero-order valence-corrected chi connectivity index (χ0v) is 14.5. The second-order valence-electron chi connectivity index (χ2n) is 6.74. The summed E-state index contributed by atoms with van der Waals surface area (Å²) >= 11 is 0. The highest BCUT2D eigenvalue weighted by Gasteiger charge is 2.19. The van der Waals surface area contributed by atoms with E-state index in [2.05, 4.69) is 5.32 Å². The molecule has 3 N–H and O–H groups in total. The van der Waals surface area contributed by atoms with Crippen molar-refractivity contribution in [3.05, 3.63) is 59.7 Å². The summed E-state index contributed by atoms with van der Waals surface area (Å²) in [5.74, 6) is 0.724. The summed E-state index contributed by atoms with van der Waals surface area (Å²) in [7, 11) is 0. The smallest absolute Gasteiger partial charge is 0.142 e. The number of hydrogen-bond donors (Lipinski definition) is 2. The van der Waals surface area contributed by atoms with Gasteiger partial charge in [0, 0.05) is 6.04 Å². The van der Waals surface area contributed by atoms with E-state index in [0.29, 0.717) is 18.3 Å². The van der Waals surface area contributed by atoms with E-state index in [1.165, 1.54) is 5.56 Å². The number of nitrogen functional groups attached to an aromatic ring is 1. The molecule has 0 radical (unpaired) electrons. The van der Waals surface area contributed by atoms with Crippen LogP contribution in [0.25, 0.3) is 0 Å². The van der Waals surface area contributed by atoms with Crippen molar-refractivity contribution in [2.75, 3.05) is 5.73 Å². The molecule has 2 unspecified atom stereocenters. The van der Waals surface area contributed by atoms with E-state index in [0.717, 1.165) is 49.7 Å². The van der Waals surface area contributed by atoms with Gasteiger partial charge in [-0.3, -0.25) is 0 Å². The number of ether oxygens (including phenoxy) is 1. The lowest BCUT2D eigenvalue weighted by Gasteiger charge is -2.19. The Balaban J connectivity index is 1.65. The number of nitrogens with one attached hydrogen (secondary N) is 1. The third kappa shape index (κ3) is 5.07. The van der Waals surface area contributed by atoms with Crippen molar-refractivity contribution in [1.82, 2.24) is 5.32 Å². The standard InChI is InChI=1S/C21H26N2O2/c22-20-11-10-17(12-18-8-4-5-9-19(14-24)23-18)13-21(20)25-15-16-6-2-1-3-7-16/h1-3,6-7,10-11,13-14,18-19,23H,4-5,8-9,12,15,22H2. The lowest BCUT2D eigenvalue weighted by molar-refractivity contribution is -0.109. The molecule has 4 heteroatoms. The molecule has 0 aliphatic carbocycles. The highest BCUT2D eigenvalue weighted by Crippen LogP contribution is 2.25. The molecule has 0 bridgehead atoms. The van der Waals surface area contributed by atoms with E-state index in [1.54, 1.807) is 0 Å². The van der Waals surface area contributed by atoms with Crippen LogP contribution in [0.3, 0.4) is 0 Å². The summed E-state index contributed by atoms with van der Waals surface area (Å²) in [4.78, 5) is 11.1. The zero-order valence-electron chi connectivity index (χ0n) is 14.5. The molecule has 0 aromatic heterocycles. The van der Waals surface area contributed by atoms with Crippen molar-refractivity contribution in [2.24, 2.45) is 0 Å². The lowest BCUT2D eigenvalue weighted by Crippen LogP contribution is -2.38. The van der Waals surface area contributed by atoms with E-state index in [1.807, 2.05) is 48.5 Å². The number of carbonyl (C=O) groups excluding carboxylic acids is 1. The molecule has 4 nitrogen and oxygen atoms in total. The zero-order chi connectivity index (χ0) is 17.5. The molecule has 1 aliphatic rings. The summed E-state index contributed by atoms with van der Waals surface area (Å²) in [6.45, 7) is 0.503. The third-order valence-corrected chi connectivity index (χ3v) is 4.73. The first-order valence-corrected chi connectivity index (χ1v) is 9.01. The van der Waals surface area contributed by atoms with Gasteiger partial charge in [-0.1, -0.05) is 49.2 Å². The van der Waals surface area contributed by atoms with Crippen molar-refractivity contribution >= 4 is 12.0 Å². The Morgan fingerprint density at radius 2 is 1.88 bits per heavy atom. The molecule has 132 valence electrons. The highest BCUT2D eigenvalue weighted by atomic mass is 16.5. The fourth-order valence-corrected chi connectivity index (χ4v) is 3.34. The minimum Gasteiger partial charge on any atom is -0.487 e. The Kier molecular flexibility index (Phi) is 6.07. The molecule has 1 fully saturated rings. The van der Waals surface area contributed by atoms with Crippen LogP contribution in [0.15, 0.2) is 48.5 Å². The van der Waals surface area contributed by atoms with Gasteiger partial charge in [-0.05, 0) is 42.5 Å². The first kappa shape index (κ1) is 17.5. The predicted molar refractivity (Wildman–Crippen MR) is 101 cm³/mol. The molecule has 1 aliphatic heterocycles. The van der Waals surface area contributed by atoms with Crippen LogP contribution >= 0.6 is 0 Å². The van der Waals surface area contributed by atoms with Crippen LogP contribution < -0.4 is 15.8 Å². The Morgan fingerprint density at radius 3 is 2.68 bits per heavy atom. The van der Waals surface area contributed by atoms with Crippen LogP contribution in [0.5, 0.6) is 5.75 Å². The van der Waals surface area contributed by atoms with Gasteiger partial charge in [0.15, 0.2) is 0 Å². The largest absolute Gasteiger partial charge is 0.487 e. The number of carbonyl (C=O) groups is 1. The van der Waals surface area contributed by atoms with Crippen molar-refractivity contribution < 1.29 is 9.53 Å². The molecule has 3 rings (SSSR count). The second kappa shape index (κ2) is 8.67. The van der Waals surface area contributed by atoms with Gasteiger partial charge in [0.05, 0.1) is 11.7 Å². The number of anilines is 1. The van der Waals surface area contributed by atoms with Gasteiger partial charge >= 0.3 is 0 Å². The number of nitrogens with two attached hydrogens (primary N) is 1. The van der Waals surface area contributed by atoms with Crippen molar-refractivity contribution in [3.63, 3.8) is 0 Å². The van der Waals surface area contributed by atoms with Gasteiger partial charge in [-0.25, -0.2) is 0 Å². The summed E-state index contributed by atoms with van der Waals surface area (Å²) in [6, 6.07) is 16.4. The number of hydrogen-bond acceptors (Lipinski definition) is 4. The Hall–Kier alpha value is -2.33. The van der Waals surface area contributed by atoms with E-state index in [4.69, 9.17) is 10.5 Å². The Labute approximate surface area is 149 Å². The summed E-state index contributed by atoms with van der Waals surface area (Å²) in [6.07, 6.45) is 6.22. The minimum absolute atomic E-state index is 0.0184. The van der Waals surface area contributed by atoms with Gasteiger partial charge in [-0.2, -0.15) is 0 Å². The number of aldehydes is 1. The Bertz CT molecular complexity index is 688. The molecule has 0 saturated carbocycles. The van der Waals surface area contributed by atoms with Crippen molar-refractivity contribution in [1.29, 1.82) is 0 Å². The van der Waals surface area contributed by atoms with Gasteiger partial charge in [0.1, 0.15) is 18.6 Å². The fraction of sp³-hybridized carbons (Fsp3) is 0.381. The fourth-order valence-electron chi connectivity index (χ4n) is 3.34. The van der Waals surface area contributed by atoms with Gasteiger partial charge in [0.25, 0.3) is 0 Å². The monoisotopic (exact) mass is 338 g/mol. The van der Waals surface area contributed by atoms with Crippen molar-refractivity contribution in [2.45, 2.75) is 50.8 Å². The molecule has 0 spiro atoms. The van der Waals surface area contributed by atoms with Crippen molar-refractivity contribution in [3.8, 4) is 5.75 Å². The maximum atomic E-state index is 11.1. The SMILES string of the molecule is Nc1ccc(CC2CCCCC(C=O)N2)cc1OCc1ccccc1. The van der Waals surface area contributed by atoms with E-state index < -0.39 is 0 Å². The van der Waals surface area contributed by atoms with Crippen LogP contribution in [0, 0.1) is 0 Å². The molecule has 2 aromatic rings. The summed E-state index contributed by atoms with van der Waals surface area (Å²) in [5.41, 5.74) is 9.02. The quantitative estimate of drug-likeness (QED) is 0.625. The Morgan fingerprint density at radius 1 is 1.08 bits per heavy atom. The van der Waals surface area contributed by atoms with Crippen LogP contribution in [0.2, 0.25) is 0 Å². The van der Waals surface area contributed by atoms with Gasteiger partial charge < -0.3 is 20.6 Å². The van der Waals surface area contributed by atoms with E-state index >= 15 is 0 Å². The van der Waals surface area contributed by atoms with Gasteiger partial charge in [0.2, 0.25) is 0 Å². The maximum Gasteiger partial charge on any atom is 0.142 e. The average molecular weight is 338 g/mol. The molecule has 25 heavy (non-hydrogen) atoms. The maximum absolute atomic E-state index is 11.1. The van der Waals surface area contributed by atoms with Crippen LogP contribution in [-0.4, -0.2) is 18.4 Å². The molecular formula is C21H26N2O2. The predicted octanol–water partition coefficient (Wildman–Crippen LogP) is 3.49. The van der Waals surface area contributed by atoms with Crippen LogP contribution in [0.1, 0.15) is 36.8 Å². The molecule has 0 amide bonds. The number of rotatable bonds is 6. The molecular weight excluding hydrogens is 312 g/mol. The third-order valence-electron chi connectivity index (χ3n) is 4.73. The van der Waals surface area contributed by atoms with Gasteiger partial charge in [-0.15, -0.1) is 0 Å². The normalized spacial score (nSPS) is 20.6. The highest BCUT2D eigenvalue weighted by molar-refractivity contribution is 5.57. The first-order valence-electron chi connectivity index (χ1n) is 9.01. The lowest BCUT2D eigenvalue weighted by atomic mass is 10.0. The second-order valence-corrected chi connectivity index (χ2v) is 6.74. The first-order chi connectivity index (χ1) is 12.2. The van der Waals surface area contributed by atoms with E-state index in [9.17, 15) is 4.79 Å². The topological polar surface area (TPSA) is 64.4 Å². The van der Waals surface area contributed by atoms with Crippen LogP contribution in [-0.2, 0) is 17.8 Å². The summed E-state index contributed by atoms with van der Waals surface area (Å²) in [5, 5.41) is 3.47. The van der Waals surface area contributed by atoms with E-state index in [-0.39, 0.29) is 6.04 Å².